The van der Waals surface area contributed by atoms with Gasteiger partial charge >= 0.3 is 0 Å². The van der Waals surface area contributed by atoms with Gasteiger partial charge in [-0.15, -0.1) is 12.4 Å². The Morgan fingerprint density at radius 3 is 2.19 bits per heavy atom. The summed E-state index contributed by atoms with van der Waals surface area (Å²) in [4.78, 5) is 0. The first-order valence-electron chi connectivity index (χ1n) is 5.91. The minimum atomic E-state index is 0. The van der Waals surface area contributed by atoms with Crippen molar-refractivity contribution >= 4 is 12.4 Å². The van der Waals surface area contributed by atoms with Crippen molar-refractivity contribution in [3.05, 3.63) is 35.4 Å². The van der Waals surface area contributed by atoms with E-state index in [2.05, 4.69) is 52.0 Å². The summed E-state index contributed by atoms with van der Waals surface area (Å²) in [6, 6.07) is 8.86. The molecule has 1 rings (SSSR count). The van der Waals surface area contributed by atoms with Crippen molar-refractivity contribution < 1.29 is 0 Å². The Balaban J connectivity index is 0.00000225. The van der Waals surface area contributed by atoms with E-state index in [1.165, 1.54) is 11.1 Å². The van der Waals surface area contributed by atoms with Crippen molar-refractivity contribution in [3.8, 4) is 0 Å². The van der Waals surface area contributed by atoms with Crippen LogP contribution in [0.3, 0.4) is 0 Å². The van der Waals surface area contributed by atoms with E-state index in [9.17, 15) is 0 Å². The molecule has 1 nitrogen and oxygen atoms in total. The summed E-state index contributed by atoms with van der Waals surface area (Å²) in [6.07, 6.45) is 1.13. The second-order valence-electron chi connectivity index (χ2n) is 4.74. The lowest BCUT2D eigenvalue weighted by atomic mass is 9.91. The topological polar surface area (TPSA) is 26.0 Å². The molecule has 0 amide bonds. The average molecular weight is 242 g/mol. The standard InChI is InChI=1S/C14H23N.ClH/c1-5-11(4)14(15)13-8-6-7-12(9-13)10(2)3;/h6-11,14H,5,15H2,1-4H3;1H/t11?,14-;/m1./s1. The molecule has 0 bridgehead atoms. The van der Waals surface area contributed by atoms with Gasteiger partial charge in [0.15, 0.2) is 0 Å². The van der Waals surface area contributed by atoms with Crippen molar-refractivity contribution in [1.82, 2.24) is 0 Å². The van der Waals surface area contributed by atoms with Crippen LogP contribution in [0.4, 0.5) is 0 Å². The third-order valence-electron chi connectivity index (χ3n) is 3.22. The Kier molecular flexibility index (Phi) is 6.70. The maximum atomic E-state index is 6.22. The van der Waals surface area contributed by atoms with Crippen LogP contribution in [-0.2, 0) is 0 Å². The van der Waals surface area contributed by atoms with Crippen LogP contribution in [-0.4, -0.2) is 0 Å². The summed E-state index contributed by atoms with van der Waals surface area (Å²) in [6.45, 7) is 8.84. The van der Waals surface area contributed by atoms with E-state index >= 15 is 0 Å². The molecule has 0 heterocycles. The van der Waals surface area contributed by atoms with Gasteiger partial charge < -0.3 is 5.73 Å². The van der Waals surface area contributed by atoms with Crippen molar-refractivity contribution in [2.24, 2.45) is 11.7 Å². The Labute approximate surface area is 106 Å². The molecule has 1 unspecified atom stereocenters. The molecule has 2 N–H and O–H groups in total. The zero-order valence-corrected chi connectivity index (χ0v) is 11.6. The third-order valence-corrected chi connectivity index (χ3v) is 3.22. The lowest BCUT2D eigenvalue weighted by molar-refractivity contribution is 0.456. The maximum Gasteiger partial charge on any atom is 0.0320 e. The first-order valence-corrected chi connectivity index (χ1v) is 5.91. The fourth-order valence-electron chi connectivity index (χ4n) is 1.71. The van der Waals surface area contributed by atoms with Crippen LogP contribution in [0, 0.1) is 5.92 Å². The molecule has 1 aromatic carbocycles. The predicted molar refractivity (Wildman–Crippen MR) is 74.2 cm³/mol. The Morgan fingerprint density at radius 1 is 1.12 bits per heavy atom. The van der Waals surface area contributed by atoms with E-state index in [4.69, 9.17) is 5.73 Å². The molecule has 0 radical (unpaired) electrons. The van der Waals surface area contributed by atoms with Crippen molar-refractivity contribution in [1.29, 1.82) is 0 Å². The second-order valence-corrected chi connectivity index (χ2v) is 4.74. The quantitative estimate of drug-likeness (QED) is 0.837. The fourth-order valence-corrected chi connectivity index (χ4v) is 1.71. The molecule has 1 aromatic rings. The van der Waals surface area contributed by atoms with Gasteiger partial charge in [-0.3, -0.25) is 0 Å². The lowest BCUT2D eigenvalue weighted by Crippen LogP contribution is -2.18. The Morgan fingerprint density at radius 2 is 1.69 bits per heavy atom. The zero-order valence-electron chi connectivity index (χ0n) is 10.7. The molecular weight excluding hydrogens is 218 g/mol. The predicted octanol–water partition coefficient (Wildman–Crippen LogP) is 4.28. The highest BCUT2D eigenvalue weighted by Gasteiger charge is 2.13. The number of rotatable bonds is 4. The number of hydrogen-bond acceptors (Lipinski definition) is 1. The van der Waals surface area contributed by atoms with Gasteiger partial charge in [0.25, 0.3) is 0 Å². The molecule has 0 saturated heterocycles. The van der Waals surface area contributed by atoms with Gasteiger partial charge in [-0.1, -0.05) is 58.4 Å². The van der Waals surface area contributed by atoms with Crippen molar-refractivity contribution in [3.63, 3.8) is 0 Å². The van der Waals surface area contributed by atoms with Gasteiger partial charge in [0, 0.05) is 6.04 Å². The smallest absolute Gasteiger partial charge is 0.0320 e. The van der Waals surface area contributed by atoms with Crippen LogP contribution in [0.1, 0.15) is 57.2 Å². The van der Waals surface area contributed by atoms with Crippen LogP contribution in [0.2, 0.25) is 0 Å². The first kappa shape index (κ1) is 15.5. The highest BCUT2D eigenvalue weighted by Crippen LogP contribution is 2.24. The molecule has 2 atom stereocenters. The second kappa shape index (κ2) is 6.93. The Hall–Kier alpha value is -0.530. The molecule has 0 aliphatic carbocycles. The van der Waals surface area contributed by atoms with Crippen LogP contribution >= 0.6 is 12.4 Å². The third kappa shape index (κ3) is 3.80. The van der Waals surface area contributed by atoms with Gasteiger partial charge in [0.2, 0.25) is 0 Å². The maximum absolute atomic E-state index is 6.22. The molecule has 0 spiro atoms. The summed E-state index contributed by atoms with van der Waals surface area (Å²) in [7, 11) is 0. The van der Waals surface area contributed by atoms with Crippen LogP contribution in [0.15, 0.2) is 24.3 Å². The van der Waals surface area contributed by atoms with Gasteiger partial charge in [-0.05, 0) is 23.0 Å². The summed E-state index contributed by atoms with van der Waals surface area (Å²) < 4.78 is 0. The van der Waals surface area contributed by atoms with Gasteiger partial charge in [0.1, 0.15) is 0 Å². The minimum Gasteiger partial charge on any atom is -0.324 e. The van der Waals surface area contributed by atoms with Crippen LogP contribution in [0.25, 0.3) is 0 Å². The van der Waals surface area contributed by atoms with E-state index in [1.807, 2.05) is 0 Å². The average Bonchev–Trinajstić information content (AvgIpc) is 2.27. The molecule has 0 aromatic heterocycles. The molecule has 0 saturated carbocycles. The molecule has 16 heavy (non-hydrogen) atoms. The molecule has 0 aliphatic rings. The normalized spacial score (nSPS) is 14.4. The molecule has 2 heteroatoms. The zero-order chi connectivity index (χ0) is 11.4. The molecule has 92 valence electrons. The fraction of sp³-hybridized carbons (Fsp3) is 0.571. The summed E-state index contributed by atoms with van der Waals surface area (Å²) in [5.41, 5.74) is 8.87. The van der Waals surface area contributed by atoms with E-state index in [0.29, 0.717) is 11.8 Å². The van der Waals surface area contributed by atoms with E-state index < -0.39 is 0 Å². The number of benzene rings is 1. The highest BCUT2D eigenvalue weighted by molar-refractivity contribution is 5.85. The number of halogens is 1. The van der Waals surface area contributed by atoms with Crippen LogP contribution in [0.5, 0.6) is 0 Å². The molecular formula is C14H24ClN. The first-order chi connectivity index (χ1) is 7.06. The van der Waals surface area contributed by atoms with Crippen molar-refractivity contribution in [2.45, 2.75) is 46.1 Å². The van der Waals surface area contributed by atoms with Crippen LogP contribution < -0.4 is 5.73 Å². The lowest BCUT2D eigenvalue weighted by Gasteiger charge is -2.20. The largest absolute Gasteiger partial charge is 0.324 e. The Bertz CT molecular complexity index is 309. The summed E-state index contributed by atoms with van der Waals surface area (Å²) >= 11 is 0. The van der Waals surface area contributed by atoms with Gasteiger partial charge in [-0.2, -0.15) is 0 Å². The highest BCUT2D eigenvalue weighted by atomic mass is 35.5. The summed E-state index contributed by atoms with van der Waals surface area (Å²) in [5.74, 6) is 1.13. The molecule has 0 fully saturated rings. The van der Waals surface area contributed by atoms with Gasteiger partial charge in [-0.25, -0.2) is 0 Å². The SMILES string of the molecule is CCC(C)[C@@H](N)c1cccc(C(C)C)c1.Cl. The minimum absolute atomic E-state index is 0. The van der Waals surface area contributed by atoms with Crippen molar-refractivity contribution in [2.75, 3.05) is 0 Å². The monoisotopic (exact) mass is 241 g/mol. The van der Waals surface area contributed by atoms with Gasteiger partial charge in [0.05, 0.1) is 0 Å². The van der Waals surface area contributed by atoms with E-state index in [0.717, 1.165) is 6.42 Å². The summed E-state index contributed by atoms with van der Waals surface area (Å²) in [5, 5.41) is 0. The number of nitrogens with two attached hydrogens (primary N) is 1. The van der Waals surface area contributed by atoms with E-state index in [1.54, 1.807) is 0 Å². The van der Waals surface area contributed by atoms with E-state index in [-0.39, 0.29) is 18.4 Å². The molecule has 0 aliphatic heterocycles. The number of hydrogen-bond donors (Lipinski definition) is 1.